The summed E-state index contributed by atoms with van der Waals surface area (Å²) in [5.74, 6) is 0. The van der Waals surface area contributed by atoms with Gasteiger partial charge in [-0.25, -0.2) is 4.98 Å². The van der Waals surface area contributed by atoms with Crippen LogP contribution in [0.25, 0.3) is 0 Å². The Balaban J connectivity index is 2.23. The third-order valence-electron chi connectivity index (χ3n) is 1.43. The van der Waals surface area contributed by atoms with Crippen LogP contribution in [0.5, 0.6) is 0 Å². The Morgan fingerprint density at radius 3 is 3.00 bits per heavy atom. The summed E-state index contributed by atoms with van der Waals surface area (Å²) in [6.07, 6.45) is 3.83. The van der Waals surface area contributed by atoms with E-state index in [1.807, 2.05) is 0 Å². The van der Waals surface area contributed by atoms with Crippen LogP contribution < -0.4 is 5.73 Å². The number of nitrogens with zero attached hydrogens (tertiary/aromatic N) is 3. The summed E-state index contributed by atoms with van der Waals surface area (Å²) in [7, 11) is 0. The molecule has 0 saturated heterocycles. The van der Waals surface area contributed by atoms with Gasteiger partial charge in [-0.3, -0.25) is 4.68 Å². The van der Waals surface area contributed by atoms with Gasteiger partial charge >= 0.3 is 0 Å². The molecule has 0 radical (unpaired) electrons. The molecule has 0 aliphatic heterocycles. The minimum absolute atomic E-state index is 0.0225. The van der Waals surface area contributed by atoms with E-state index in [0.717, 1.165) is 6.42 Å². The zero-order valence-electron chi connectivity index (χ0n) is 6.22. The average Bonchev–Trinajstić information content (AvgIpc) is 2.52. The molecule has 1 heterocycles. The second-order valence-corrected chi connectivity index (χ2v) is 2.39. The highest BCUT2D eigenvalue weighted by Gasteiger charge is 1.99. The molecule has 0 aliphatic carbocycles. The fourth-order valence-electron chi connectivity index (χ4n) is 0.738. The van der Waals surface area contributed by atoms with Crippen LogP contribution in [0.1, 0.15) is 6.42 Å². The summed E-state index contributed by atoms with van der Waals surface area (Å²) in [5, 5.41) is 12.5. The summed E-state index contributed by atoms with van der Waals surface area (Å²) >= 11 is 0. The number of aliphatic hydroxyl groups excluding tert-OH is 1. The summed E-state index contributed by atoms with van der Waals surface area (Å²) in [6.45, 7) is 0.733. The van der Waals surface area contributed by atoms with E-state index in [4.69, 9.17) is 10.8 Å². The van der Waals surface area contributed by atoms with E-state index in [1.54, 1.807) is 11.0 Å². The standard InChI is InChI=1S/C6H12N4O/c7-6(3-11)1-2-10-5-8-4-9-10/h4-6,11H,1-3,7H2. The van der Waals surface area contributed by atoms with Gasteiger partial charge in [0.1, 0.15) is 12.7 Å². The van der Waals surface area contributed by atoms with Crippen LogP contribution in [-0.2, 0) is 6.54 Å². The first-order valence-corrected chi connectivity index (χ1v) is 3.52. The van der Waals surface area contributed by atoms with Crippen molar-refractivity contribution in [1.82, 2.24) is 14.8 Å². The largest absolute Gasteiger partial charge is 0.395 e. The molecule has 1 rings (SSSR count). The summed E-state index contributed by atoms with van der Waals surface area (Å²) in [4.78, 5) is 3.77. The van der Waals surface area contributed by atoms with Crippen LogP contribution >= 0.6 is 0 Å². The highest BCUT2D eigenvalue weighted by molar-refractivity contribution is 4.61. The molecular weight excluding hydrogens is 144 g/mol. The van der Waals surface area contributed by atoms with E-state index in [-0.39, 0.29) is 12.6 Å². The minimum Gasteiger partial charge on any atom is -0.395 e. The van der Waals surface area contributed by atoms with Crippen LogP contribution in [-0.4, -0.2) is 32.5 Å². The molecule has 1 unspecified atom stereocenters. The molecule has 0 fully saturated rings. The van der Waals surface area contributed by atoms with Gasteiger partial charge in [-0.15, -0.1) is 0 Å². The molecule has 1 aromatic heterocycles. The molecule has 0 aromatic carbocycles. The van der Waals surface area contributed by atoms with Gasteiger partial charge in [-0.1, -0.05) is 0 Å². The van der Waals surface area contributed by atoms with Crippen molar-refractivity contribution in [3.8, 4) is 0 Å². The number of rotatable bonds is 4. The molecule has 62 valence electrons. The lowest BCUT2D eigenvalue weighted by Gasteiger charge is -2.06. The first-order chi connectivity index (χ1) is 5.33. The third-order valence-corrected chi connectivity index (χ3v) is 1.43. The number of hydrogen-bond acceptors (Lipinski definition) is 4. The molecule has 0 aliphatic rings. The summed E-state index contributed by atoms with van der Waals surface area (Å²) in [6, 6.07) is -0.154. The molecule has 5 heteroatoms. The van der Waals surface area contributed by atoms with Crippen LogP contribution in [0.3, 0.4) is 0 Å². The fourth-order valence-corrected chi connectivity index (χ4v) is 0.738. The van der Waals surface area contributed by atoms with Crippen molar-refractivity contribution < 1.29 is 5.11 Å². The predicted molar refractivity (Wildman–Crippen MR) is 39.7 cm³/mol. The van der Waals surface area contributed by atoms with Crippen molar-refractivity contribution in [1.29, 1.82) is 0 Å². The Morgan fingerprint density at radius 1 is 1.64 bits per heavy atom. The van der Waals surface area contributed by atoms with Gasteiger partial charge in [0.2, 0.25) is 0 Å². The number of aryl methyl sites for hydroxylation is 1. The van der Waals surface area contributed by atoms with E-state index in [0.29, 0.717) is 6.54 Å². The first-order valence-electron chi connectivity index (χ1n) is 3.52. The molecule has 1 atom stereocenters. The highest BCUT2D eigenvalue weighted by Crippen LogP contribution is 1.90. The maximum absolute atomic E-state index is 8.59. The van der Waals surface area contributed by atoms with Crippen LogP contribution in [0, 0.1) is 0 Å². The van der Waals surface area contributed by atoms with E-state index in [2.05, 4.69) is 10.1 Å². The van der Waals surface area contributed by atoms with Crippen LogP contribution in [0.4, 0.5) is 0 Å². The Hall–Kier alpha value is -0.940. The van der Waals surface area contributed by atoms with Gasteiger partial charge in [0.15, 0.2) is 0 Å². The van der Waals surface area contributed by atoms with Crippen molar-refractivity contribution >= 4 is 0 Å². The predicted octanol–water partition coefficient (Wildman–Crippen LogP) is -1.01. The monoisotopic (exact) mass is 156 g/mol. The maximum Gasteiger partial charge on any atom is 0.137 e. The molecule has 1 aromatic rings. The number of aliphatic hydroxyl groups is 1. The Morgan fingerprint density at radius 2 is 2.45 bits per heavy atom. The smallest absolute Gasteiger partial charge is 0.137 e. The Bertz CT molecular complexity index is 186. The van der Waals surface area contributed by atoms with Crippen molar-refractivity contribution in [2.75, 3.05) is 6.61 Å². The number of nitrogens with two attached hydrogens (primary N) is 1. The molecule has 0 bridgehead atoms. The van der Waals surface area contributed by atoms with Gasteiger partial charge in [-0.05, 0) is 6.42 Å². The van der Waals surface area contributed by atoms with Gasteiger partial charge < -0.3 is 10.8 Å². The third kappa shape index (κ3) is 2.65. The SMILES string of the molecule is NC(CO)CCn1cncn1. The lowest BCUT2D eigenvalue weighted by Crippen LogP contribution is -2.25. The summed E-state index contributed by atoms with van der Waals surface area (Å²) < 4.78 is 1.69. The second kappa shape index (κ2) is 4.05. The van der Waals surface area contributed by atoms with E-state index in [1.165, 1.54) is 6.33 Å². The topological polar surface area (TPSA) is 77.0 Å². The molecule has 11 heavy (non-hydrogen) atoms. The van der Waals surface area contributed by atoms with E-state index >= 15 is 0 Å². The van der Waals surface area contributed by atoms with E-state index in [9.17, 15) is 0 Å². The lowest BCUT2D eigenvalue weighted by atomic mass is 10.2. The van der Waals surface area contributed by atoms with Crippen LogP contribution in [0.2, 0.25) is 0 Å². The molecule has 0 amide bonds. The van der Waals surface area contributed by atoms with Gasteiger partial charge in [0.05, 0.1) is 6.61 Å². The van der Waals surface area contributed by atoms with Crippen LogP contribution in [0.15, 0.2) is 12.7 Å². The Labute approximate surface area is 64.9 Å². The molecule has 0 spiro atoms. The number of hydrogen-bond donors (Lipinski definition) is 2. The van der Waals surface area contributed by atoms with Gasteiger partial charge in [-0.2, -0.15) is 5.10 Å². The molecule has 5 nitrogen and oxygen atoms in total. The van der Waals surface area contributed by atoms with E-state index < -0.39 is 0 Å². The van der Waals surface area contributed by atoms with Gasteiger partial charge in [0, 0.05) is 12.6 Å². The number of aromatic nitrogens is 3. The minimum atomic E-state index is -0.154. The second-order valence-electron chi connectivity index (χ2n) is 2.39. The van der Waals surface area contributed by atoms with Crippen molar-refractivity contribution in [3.05, 3.63) is 12.7 Å². The normalized spacial score (nSPS) is 13.3. The van der Waals surface area contributed by atoms with Crippen molar-refractivity contribution in [2.45, 2.75) is 19.0 Å². The van der Waals surface area contributed by atoms with Crippen molar-refractivity contribution in [3.63, 3.8) is 0 Å². The first kappa shape index (κ1) is 8.16. The molecule has 0 saturated carbocycles. The molecular formula is C6H12N4O. The highest BCUT2D eigenvalue weighted by atomic mass is 16.3. The maximum atomic E-state index is 8.59. The lowest BCUT2D eigenvalue weighted by molar-refractivity contribution is 0.255. The quantitative estimate of drug-likeness (QED) is 0.585. The Kier molecular flexibility index (Phi) is 3.00. The fraction of sp³-hybridized carbons (Fsp3) is 0.667. The molecule has 3 N–H and O–H groups in total. The summed E-state index contributed by atoms with van der Waals surface area (Å²) in [5.41, 5.74) is 5.48. The van der Waals surface area contributed by atoms with Crippen molar-refractivity contribution in [2.24, 2.45) is 5.73 Å². The van der Waals surface area contributed by atoms with Gasteiger partial charge in [0.25, 0.3) is 0 Å². The zero-order chi connectivity index (χ0) is 8.10. The average molecular weight is 156 g/mol. The zero-order valence-corrected chi connectivity index (χ0v) is 6.22.